The third-order valence-electron chi connectivity index (χ3n) is 3.18. The van der Waals surface area contributed by atoms with Gasteiger partial charge < -0.3 is 10.1 Å². The lowest BCUT2D eigenvalue weighted by Crippen LogP contribution is -2.20. The Kier molecular flexibility index (Phi) is 4.90. The Morgan fingerprint density at radius 2 is 1.71 bits per heavy atom. The second-order valence-corrected chi connectivity index (χ2v) is 5.23. The molecule has 0 radical (unpaired) electrons. The minimum atomic E-state index is -1.47. The molecule has 0 amide bonds. The molecule has 1 atom stereocenters. The van der Waals surface area contributed by atoms with Crippen molar-refractivity contribution in [2.24, 2.45) is 0 Å². The number of methoxy groups -OCH3 is 1. The molecule has 1 unspecified atom stereocenters. The zero-order chi connectivity index (χ0) is 15.6. The van der Waals surface area contributed by atoms with E-state index in [2.05, 4.69) is 21.2 Å². The van der Waals surface area contributed by atoms with Crippen LogP contribution >= 0.6 is 15.9 Å². The first-order valence-electron chi connectivity index (χ1n) is 6.13. The van der Waals surface area contributed by atoms with Gasteiger partial charge in [0.1, 0.15) is 5.75 Å². The Bertz CT molecular complexity index is 664. The molecule has 0 bridgehead atoms. The summed E-state index contributed by atoms with van der Waals surface area (Å²) in [5.41, 5.74) is 0.713. The van der Waals surface area contributed by atoms with Crippen molar-refractivity contribution in [1.82, 2.24) is 5.32 Å². The Morgan fingerprint density at radius 3 is 2.29 bits per heavy atom. The van der Waals surface area contributed by atoms with Crippen LogP contribution in [-0.4, -0.2) is 14.2 Å². The maximum absolute atomic E-state index is 14.0. The van der Waals surface area contributed by atoms with Crippen LogP contribution < -0.4 is 10.1 Å². The highest BCUT2D eigenvalue weighted by atomic mass is 79.9. The zero-order valence-electron chi connectivity index (χ0n) is 11.4. The van der Waals surface area contributed by atoms with E-state index in [-0.39, 0.29) is 5.56 Å². The van der Waals surface area contributed by atoms with Crippen molar-refractivity contribution < 1.29 is 17.9 Å². The molecule has 0 aromatic heterocycles. The van der Waals surface area contributed by atoms with Gasteiger partial charge in [-0.2, -0.15) is 0 Å². The molecule has 6 heteroatoms. The summed E-state index contributed by atoms with van der Waals surface area (Å²) < 4.78 is 46.2. The molecule has 2 nitrogen and oxygen atoms in total. The van der Waals surface area contributed by atoms with Crippen LogP contribution in [0, 0.1) is 17.5 Å². The van der Waals surface area contributed by atoms with Crippen LogP contribution in [0.3, 0.4) is 0 Å². The summed E-state index contributed by atoms with van der Waals surface area (Å²) >= 11 is 3.37. The zero-order valence-corrected chi connectivity index (χ0v) is 13.0. The molecule has 0 aliphatic heterocycles. The first-order chi connectivity index (χ1) is 9.99. The molecule has 112 valence electrons. The quantitative estimate of drug-likeness (QED) is 0.826. The summed E-state index contributed by atoms with van der Waals surface area (Å²) in [6.07, 6.45) is 0. The molecule has 2 rings (SSSR count). The standard InChI is InChI=1S/C15H13BrF3NO/c1-20-15(9-4-3-8(21-2)7-11(9)16)10-5-6-12(17)14(19)13(10)18/h3-7,15,20H,1-2H3. The summed E-state index contributed by atoms with van der Waals surface area (Å²) in [4.78, 5) is 0. The highest BCUT2D eigenvalue weighted by molar-refractivity contribution is 9.10. The van der Waals surface area contributed by atoms with Gasteiger partial charge in [0, 0.05) is 10.0 Å². The van der Waals surface area contributed by atoms with Crippen molar-refractivity contribution in [3.63, 3.8) is 0 Å². The Morgan fingerprint density at radius 1 is 1.05 bits per heavy atom. The minimum Gasteiger partial charge on any atom is -0.497 e. The third-order valence-corrected chi connectivity index (χ3v) is 3.87. The third kappa shape index (κ3) is 3.06. The molecular formula is C15H13BrF3NO. The van der Waals surface area contributed by atoms with Gasteiger partial charge in [-0.1, -0.05) is 28.1 Å². The van der Waals surface area contributed by atoms with Gasteiger partial charge in [-0.25, -0.2) is 13.2 Å². The van der Waals surface area contributed by atoms with Gasteiger partial charge in [0.15, 0.2) is 17.5 Å². The summed E-state index contributed by atoms with van der Waals surface area (Å²) in [6, 6.07) is 6.67. The lowest BCUT2D eigenvalue weighted by Gasteiger charge is -2.20. The second-order valence-electron chi connectivity index (χ2n) is 4.37. The largest absolute Gasteiger partial charge is 0.497 e. The van der Waals surface area contributed by atoms with E-state index in [0.717, 1.165) is 6.07 Å². The number of ether oxygens (including phenoxy) is 1. The van der Waals surface area contributed by atoms with E-state index < -0.39 is 23.5 Å². The molecule has 0 heterocycles. The average molecular weight is 360 g/mol. The predicted molar refractivity (Wildman–Crippen MR) is 77.9 cm³/mol. The van der Waals surface area contributed by atoms with Crippen molar-refractivity contribution in [2.75, 3.05) is 14.2 Å². The van der Waals surface area contributed by atoms with Crippen LogP contribution in [-0.2, 0) is 0 Å². The summed E-state index contributed by atoms with van der Waals surface area (Å²) in [7, 11) is 3.15. The number of hydrogen-bond acceptors (Lipinski definition) is 2. The van der Waals surface area contributed by atoms with Crippen LogP contribution in [0.1, 0.15) is 17.2 Å². The SMILES string of the molecule is CNC(c1ccc(OC)cc1Br)c1ccc(F)c(F)c1F. The maximum atomic E-state index is 14.0. The van der Waals surface area contributed by atoms with E-state index in [9.17, 15) is 13.2 Å². The molecule has 21 heavy (non-hydrogen) atoms. The van der Waals surface area contributed by atoms with Crippen LogP contribution in [0.4, 0.5) is 13.2 Å². The van der Waals surface area contributed by atoms with Gasteiger partial charge in [-0.05, 0) is 30.8 Å². The fourth-order valence-corrected chi connectivity index (χ4v) is 2.70. The minimum absolute atomic E-state index is 0.0299. The van der Waals surface area contributed by atoms with Gasteiger partial charge in [-0.3, -0.25) is 0 Å². The van der Waals surface area contributed by atoms with Gasteiger partial charge in [0.2, 0.25) is 0 Å². The monoisotopic (exact) mass is 359 g/mol. The van der Waals surface area contributed by atoms with Crippen molar-refractivity contribution >= 4 is 15.9 Å². The Balaban J connectivity index is 2.52. The predicted octanol–water partition coefficient (Wildman–Crippen LogP) is 4.18. The van der Waals surface area contributed by atoms with Gasteiger partial charge in [0.05, 0.1) is 13.2 Å². The van der Waals surface area contributed by atoms with Gasteiger partial charge in [-0.15, -0.1) is 0 Å². The molecule has 0 saturated carbocycles. The van der Waals surface area contributed by atoms with Crippen molar-refractivity contribution in [1.29, 1.82) is 0 Å². The van der Waals surface area contributed by atoms with Gasteiger partial charge >= 0.3 is 0 Å². The van der Waals surface area contributed by atoms with E-state index in [1.807, 2.05) is 0 Å². The van der Waals surface area contributed by atoms with E-state index in [4.69, 9.17) is 4.74 Å². The number of rotatable bonds is 4. The molecule has 0 spiro atoms. The van der Waals surface area contributed by atoms with E-state index in [1.165, 1.54) is 13.2 Å². The molecule has 2 aromatic rings. The highest BCUT2D eigenvalue weighted by Crippen LogP contribution is 2.33. The molecule has 0 fully saturated rings. The fourth-order valence-electron chi connectivity index (χ4n) is 2.11. The van der Waals surface area contributed by atoms with Crippen LogP contribution in [0.25, 0.3) is 0 Å². The Hall–Kier alpha value is -1.53. The molecule has 2 aromatic carbocycles. The molecule has 0 saturated heterocycles. The summed E-state index contributed by atoms with van der Waals surface area (Å²) in [5, 5.41) is 2.90. The first-order valence-corrected chi connectivity index (χ1v) is 6.93. The van der Waals surface area contributed by atoms with E-state index in [1.54, 1.807) is 25.2 Å². The maximum Gasteiger partial charge on any atom is 0.194 e. The lowest BCUT2D eigenvalue weighted by molar-refractivity contribution is 0.414. The first kappa shape index (κ1) is 15.9. The van der Waals surface area contributed by atoms with Crippen LogP contribution in [0.2, 0.25) is 0 Å². The van der Waals surface area contributed by atoms with E-state index >= 15 is 0 Å². The Labute approximate surface area is 129 Å². The number of benzene rings is 2. The number of hydrogen-bond donors (Lipinski definition) is 1. The van der Waals surface area contributed by atoms with Crippen LogP contribution in [0.5, 0.6) is 5.75 Å². The lowest BCUT2D eigenvalue weighted by atomic mass is 9.98. The summed E-state index contributed by atoms with van der Waals surface area (Å²) in [6.45, 7) is 0. The van der Waals surface area contributed by atoms with Crippen LogP contribution in [0.15, 0.2) is 34.8 Å². The fraction of sp³-hybridized carbons (Fsp3) is 0.200. The molecular weight excluding hydrogens is 347 g/mol. The average Bonchev–Trinajstić information content (AvgIpc) is 2.49. The molecule has 0 aliphatic carbocycles. The van der Waals surface area contributed by atoms with Crippen molar-refractivity contribution in [2.45, 2.75) is 6.04 Å². The molecule has 0 aliphatic rings. The topological polar surface area (TPSA) is 21.3 Å². The highest BCUT2D eigenvalue weighted by Gasteiger charge is 2.22. The van der Waals surface area contributed by atoms with E-state index in [0.29, 0.717) is 15.8 Å². The number of halogens is 4. The van der Waals surface area contributed by atoms with Crippen molar-refractivity contribution in [3.05, 3.63) is 63.4 Å². The molecule has 1 N–H and O–H groups in total. The number of nitrogens with one attached hydrogen (secondary N) is 1. The second kappa shape index (κ2) is 6.49. The van der Waals surface area contributed by atoms with Gasteiger partial charge in [0.25, 0.3) is 0 Å². The summed E-state index contributed by atoms with van der Waals surface area (Å²) in [5.74, 6) is -3.25. The van der Waals surface area contributed by atoms with Crippen molar-refractivity contribution in [3.8, 4) is 5.75 Å². The smallest absolute Gasteiger partial charge is 0.194 e. The normalized spacial score (nSPS) is 12.3.